The monoisotopic (exact) mass is 224 g/mol. The minimum absolute atomic E-state index is 0.556. The van der Waals surface area contributed by atoms with E-state index in [1.165, 1.54) is 38.9 Å². The van der Waals surface area contributed by atoms with Crippen LogP contribution in [0.25, 0.3) is 0 Å². The van der Waals surface area contributed by atoms with Gasteiger partial charge in [-0.25, -0.2) is 0 Å². The minimum Gasteiger partial charge on any atom is -0.375 e. The number of ether oxygens (including phenoxy) is 1. The Morgan fingerprint density at radius 3 is 3.00 bits per heavy atom. The summed E-state index contributed by atoms with van der Waals surface area (Å²) in [7, 11) is 0. The van der Waals surface area contributed by atoms with Gasteiger partial charge < -0.3 is 10.1 Å². The summed E-state index contributed by atoms with van der Waals surface area (Å²) in [4.78, 5) is 2.71. The topological polar surface area (TPSA) is 24.5 Å². The molecule has 0 bridgehead atoms. The average molecular weight is 224 g/mol. The normalized spacial score (nSPS) is 38.1. The van der Waals surface area contributed by atoms with Gasteiger partial charge in [0.05, 0.1) is 12.7 Å². The van der Waals surface area contributed by atoms with Crippen molar-refractivity contribution < 1.29 is 4.74 Å². The number of hydrogen-bond donors (Lipinski definition) is 1. The largest absolute Gasteiger partial charge is 0.375 e. The second kappa shape index (κ2) is 4.63. The van der Waals surface area contributed by atoms with Crippen LogP contribution in [0.1, 0.15) is 26.2 Å². The third kappa shape index (κ3) is 2.01. The summed E-state index contributed by atoms with van der Waals surface area (Å²) in [5.41, 5.74) is 0. The lowest BCUT2D eigenvalue weighted by molar-refractivity contribution is -0.0628. The van der Waals surface area contributed by atoms with E-state index in [0.717, 1.165) is 31.0 Å². The van der Waals surface area contributed by atoms with Gasteiger partial charge in [0, 0.05) is 19.1 Å². The third-order valence-corrected chi connectivity index (χ3v) is 4.74. The zero-order valence-electron chi connectivity index (χ0n) is 10.3. The van der Waals surface area contributed by atoms with E-state index in [1.807, 2.05) is 0 Å². The summed E-state index contributed by atoms with van der Waals surface area (Å²) >= 11 is 0. The fourth-order valence-electron chi connectivity index (χ4n) is 3.46. The van der Waals surface area contributed by atoms with E-state index in [0.29, 0.717) is 6.10 Å². The first-order chi connectivity index (χ1) is 7.84. The van der Waals surface area contributed by atoms with Gasteiger partial charge in [0.1, 0.15) is 0 Å². The molecule has 0 aromatic rings. The van der Waals surface area contributed by atoms with Gasteiger partial charge in [-0.1, -0.05) is 6.92 Å². The molecule has 3 nitrogen and oxygen atoms in total. The van der Waals surface area contributed by atoms with Crippen LogP contribution >= 0.6 is 0 Å². The highest BCUT2D eigenvalue weighted by atomic mass is 16.5. The summed E-state index contributed by atoms with van der Waals surface area (Å²) in [5, 5.41) is 3.38. The number of hydrogen-bond acceptors (Lipinski definition) is 3. The maximum atomic E-state index is 5.86. The number of nitrogens with zero attached hydrogens (tertiary/aromatic N) is 1. The van der Waals surface area contributed by atoms with Crippen molar-refractivity contribution in [2.24, 2.45) is 11.8 Å². The molecule has 2 saturated heterocycles. The molecule has 0 amide bonds. The molecular formula is C13H24N2O. The summed E-state index contributed by atoms with van der Waals surface area (Å²) in [5.74, 6) is 1.77. The Balaban J connectivity index is 1.56. The smallest absolute Gasteiger partial charge is 0.0730 e. The van der Waals surface area contributed by atoms with E-state index in [2.05, 4.69) is 17.1 Å². The summed E-state index contributed by atoms with van der Waals surface area (Å²) in [6, 6.07) is 0.740. The Morgan fingerprint density at radius 2 is 2.25 bits per heavy atom. The SMILES string of the molecule is CC(CN1CCOC2CCCC21)C1CNC1. The molecule has 0 radical (unpaired) electrons. The van der Waals surface area contributed by atoms with Crippen molar-refractivity contribution in [1.29, 1.82) is 0 Å². The average Bonchev–Trinajstić information content (AvgIpc) is 2.63. The molecule has 3 fully saturated rings. The Kier molecular flexibility index (Phi) is 3.18. The Morgan fingerprint density at radius 1 is 1.38 bits per heavy atom. The van der Waals surface area contributed by atoms with Crippen molar-refractivity contribution in [1.82, 2.24) is 10.2 Å². The molecule has 0 aromatic heterocycles. The Hall–Kier alpha value is -0.120. The molecule has 3 atom stereocenters. The minimum atomic E-state index is 0.556. The van der Waals surface area contributed by atoms with E-state index in [1.54, 1.807) is 0 Å². The van der Waals surface area contributed by atoms with E-state index in [-0.39, 0.29) is 0 Å². The van der Waals surface area contributed by atoms with Crippen LogP contribution in [0, 0.1) is 11.8 Å². The van der Waals surface area contributed by atoms with Crippen molar-refractivity contribution in [3.8, 4) is 0 Å². The number of rotatable bonds is 3. The van der Waals surface area contributed by atoms with Crippen molar-refractivity contribution in [3.05, 3.63) is 0 Å². The molecule has 1 saturated carbocycles. The molecule has 3 unspecified atom stereocenters. The van der Waals surface area contributed by atoms with Gasteiger partial charge in [0.25, 0.3) is 0 Å². The van der Waals surface area contributed by atoms with Crippen LogP contribution in [0.3, 0.4) is 0 Å². The standard InChI is InChI=1S/C13H24N2O/c1-10(11-7-14-8-11)9-15-5-6-16-13-4-2-3-12(13)15/h10-14H,2-9H2,1H3. The molecule has 3 rings (SSSR count). The van der Waals surface area contributed by atoms with Gasteiger partial charge in [0.2, 0.25) is 0 Å². The first-order valence-electron chi connectivity index (χ1n) is 6.91. The molecule has 0 aromatic carbocycles. The number of fused-ring (bicyclic) bond motifs is 1. The van der Waals surface area contributed by atoms with Gasteiger partial charge in [-0.15, -0.1) is 0 Å². The molecule has 3 aliphatic rings. The second-order valence-corrected chi connectivity index (χ2v) is 5.80. The van der Waals surface area contributed by atoms with E-state index in [9.17, 15) is 0 Å². The molecular weight excluding hydrogens is 200 g/mol. The zero-order valence-corrected chi connectivity index (χ0v) is 10.3. The van der Waals surface area contributed by atoms with Crippen molar-refractivity contribution in [2.45, 2.75) is 38.3 Å². The first-order valence-corrected chi connectivity index (χ1v) is 6.91. The summed E-state index contributed by atoms with van der Waals surface area (Å²) < 4.78 is 5.86. The van der Waals surface area contributed by atoms with E-state index >= 15 is 0 Å². The molecule has 2 heterocycles. The second-order valence-electron chi connectivity index (χ2n) is 5.80. The molecule has 1 aliphatic carbocycles. The zero-order chi connectivity index (χ0) is 11.0. The summed E-state index contributed by atoms with van der Waals surface area (Å²) in [6.45, 7) is 8.30. The van der Waals surface area contributed by atoms with Crippen LogP contribution < -0.4 is 5.32 Å². The predicted molar refractivity (Wildman–Crippen MR) is 64.5 cm³/mol. The summed E-state index contributed by atoms with van der Waals surface area (Å²) in [6.07, 6.45) is 4.58. The molecule has 2 aliphatic heterocycles. The van der Waals surface area contributed by atoms with E-state index < -0.39 is 0 Å². The number of morpholine rings is 1. The molecule has 1 N–H and O–H groups in total. The van der Waals surface area contributed by atoms with Gasteiger partial charge >= 0.3 is 0 Å². The highest BCUT2D eigenvalue weighted by Gasteiger charge is 2.37. The maximum absolute atomic E-state index is 5.86. The Labute approximate surface area is 98.5 Å². The molecule has 3 heteroatoms. The van der Waals surface area contributed by atoms with Crippen LogP contribution in [-0.4, -0.2) is 49.8 Å². The van der Waals surface area contributed by atoms with Gasteiger partial charge in [-0.3, -0.25) is 4.90 Å². The van der Waals surface area contributed by atoms with Gasteiger partial charge in [-0.05, 0) is 44.2 Å². The van der Waals surface area contributed by atoms with Crippen LogP contribution in [0.4, 0.5) is 0 Å². The molecule has 0 spiro atoms. The maximum Gasteiger partial charge on any atom is 0.0730 e. The molecule has 92 valence electrons. The van der Waals surface area contributed by atoms with Crippen molar-refractivity contribution >= 4 is 0 Å². The van der Waals surface area contributed by atoms with Crippen LogP contribution in [0.15, 0.2) is 0 Å². The van der Waals surface area contributed by atoms with Crippen LogP contribution in [0.2, 0.25) is 0 Å². The van der Waals surface area contributed by atoms with Crippen LogP contribution in [0.5, 0.6) is 0 Å². The third-order valence-electron chi connectivity index (χ3n) is 4.74. The van der Waals surface area contributed by atoms with Gasteiger partial charge in [-0.2, -0.15) is 0 Å². The van der Waals surface area contributed by atoms with Crippen molar-refractivity contribution in [2.75, 3.05) is 32.8 Å². The quantitative estimate of drug-likeness (QED) is 0.777. The van der Waals surface area contributed by atoms with Crippen molar-refractivity contribution in [3.63, 3.8) is 0 Å². The van der Waals surface area contributed by atoms with Gasteiger partial charge in [0.15, 0.2) is 0 Å². The van der Waals surface area contributed by atoms with E-state index in [4.69, 9.17) is 4.74 Å². The number of nitrogens with one attached hydrogen (secondary N) is 1. The first kappa shape index (κ1) is 11.0. The molecule has 16 heavy (non-hydrogen) atoms. The highest BCUT2D eigenvalue weighted by molar-refractivity contribution is 4.91. The lowest BCUT2D eigenvalue weighted by atomic mass is 9.88. The highest BCUT2D eigenvalue weighted by Crippen LogP contribution is 2.31. The Bertz CT molecular complexity index is 242. The fraction of sp³-hybridized carbons (Fsp3) is 1.00. The lowest BCUT2D eigenvalue weighted by Crippen LogP contribution is -2.53. The predicted octanol–water partition coefficient (Wildman–Crippen LogP) is 1.10. The van der Waals surface area contributed by atoms with Crippen LogP contribution in [-0.2, 0) is 4.74 Å². The lowest BCUT2D eigenvalue weighted by Gasteiger charge is -2.42. The fourth-order valence-corrected chi connectivity index (χ4v) is 3.46.